The Bertz CT molecular complexity index is 552. The largest absolute Gasteiger partial charge is 0.375 e. The molecule has 2 aromatic rings. The first-order valence-electron chi connectivity index (χ1n) is 6.34. The number of thiazole rings is 1. The lowest BCUT2D eigenvalue weighted by atomic mass is 10.2. The van der Waals surface area contributed by atoms with Crippen LogP contribution in [0.4, 0.5) is 0 Å². The summed E-state index contributed by atoms with van der Waals surface area (Å²) in [5.74, 6) is 0. The third-order valence-corrected chi connectivity index (χ3v) is 4.67. The van der Waals surface area contributed by atoms with Gasteiger partial charge >= 0.3 is 0 Å². The topological polar surface area (TPSA) is 34.1 Å². The maximum absolute atomic E-state index is 5.72. The number of morpholine rings is 1. The van der Waals surface area contributed by atoms with E-state index in [2.05, 4.69) is 32.7 Å². The molecule has 0 saturated carbocycles. The van der Waals surface area contributed by atoms with E-state index in [9.17, 15) is 0 Å². The fourth-order valence-electron chi connectivity index (χ4n) is 2.14. The van der Waals surface area contributed by atoms with Crippen LogP contribution < -0.4 is 5.32 Å². The van der Waals surface area contributed by atoms with Crippen molar-refractivity contribution in [3.05, 3.63) is 39.1 Å². The molecule has 1 N–H and O–H groups in total. The average molecular weight is 339 g/mol. The Morgan fingerprint density at radius 2 is 2.32 bits per heavy atom. The van der Waals surface area contributed by atoms with Gasteiger partial charge in [0.25, 0.3) is 0 Å². The summed E-state index contributed by atoms with van der Waals surface area (Å²) < 4.78 is 6.80. The van der Waals surface area contributed by atoms with E-state index < -0.39 is 0 Å². The van der Waals surface area contributed by atoms with Crippen LogP contribution in [0, 0.1) is 0 Å². The smallest absolute Gasteiger partial charge is 0.0959 e. The molecule has 19 heavy (non-hydrogen) atoms. The van der Waals surface area contributed by atoms with Crippen LogP contribution in [0.2, 0.25) is 0 Å². The number of benzene rings is 1. The van der Waals surface area contributed by atoms with Crippen LogP contribution in [0.3, 0.4) is 0 Å². The summed E-state index contributed by atoms with van der Waals surface area (Å²) in [6, 6.07) is 8.18. The Morgan fingerprint density at radius 3 is 3.11 bits per heavy atom. The van der Waals surface area contributed by atoms with E-state index in [-0.39, 0.29) is 6.10 Å². The van der Waals surface area contributed by atoms with E-state index in [0.717, 1.165) is 46.9 Å². The number of nitrogens with zero attached hydrogens (tertiary/aromatic N) is 1. The number of ether oxygens (including phenoxy) is 1. The van der Waals surface area contributed by atoms with Crippen LogP contribution in [0.5, 0.6) is 0 Å². The molecule has 0 radical (unpaired) electrons. The predicted octanol–water partition coefficient (Wildman–Crippen LogP) is 3.10. The van der Waals surface area contributed by atoms with Gasteiger partial charge in [-0.3, -0.25) is 0 Å². The van der Waals surface area contributed by atoms with Gasteiger partial charge in [-0.15, -0.1) is 11.3 Å². The molecule has 3 rings (SSSR count). The highest BCUT2D eigenvalue weighted by molar-refractivity contribution is 9.10. The van der Waals surface area contributed by atoms with Gasteiger partial charge < -0.3 is 10.1 Å². The number of halogens is 1. The molecule has 1 aliphatic heterocycles. The third kappa shape index (κ3) is 3.23. The molecule has 3 nitrogen and oxygen atoms in total. The van der Waals surface area contributed by atoms with Crippen molar-refractivity contribution >= 4 is 27.3 Å². The normalized spacial score (nSPS) is 19.5. The summed E-state index contributed by atoms with van der Waals surface area (Å²) in [6.45, 7) is 2.67. The van der Waals surface area contributed by atoms with Crippen LogP contribution in [0.25, 0.3) is 11.3 Å². The Kier molecular flexibility index (Phi) is 4.28. The number of hydrogen-bond donors (Lipinski definition) is 1. The fourth-order valence-corrected chi connectivity index (χ4v) is 3.49. The Morgan fingerprint density at radius 1 is 1.42 bits per heavy atom. The van der Waals surface area contributed by atoms with Crippen LogP contribution in [-0.4, -0.2) is 30.8 Å². The molecule has 1 saturated heterocycles. The van der Waals surface area contributed by atoms with Gasteiger partial charge in [0.05, 0.1) is 23.4 Å². The van der Waals surface area contributed by atoms with E-state index in [1.54, 1.807) is 11.3 Å². The Balaban J connectivity index is 1.74. The van der Waals surface area contributed by atoms with Gasteiger partial charge in [-0.2, -0.15) is 0 Å². The zero-order chi connectivity index (χ0) is 13.1. The highest BCUT2D eigenvalue weighted by Crippen LogP contribution is 2.29. The maximum atomic E-state index is 5.72. The summed E-state index contributed by atoms with van der Waals surface area (Å²) in [5.41, 5.74) is 2.18. The van der Waals surface area contributed by atoms with Crippen molar-refractivity contribution < 1.29 is 4.74 Å². The minimum Gasteiger partial charge on any atom is -0.375 e. The third-order valence-electron chi connectivity index (χ3n) is 3.11. The first-order chi connectivity index (χ1) is 9.33. The number of hydrogen-bond acceptors (Lipinski definition) is 4. The van der Waals surface area contributed by atoms with Crippen molar-refractivity contribution in [1.82, 2.24) is 10.3 Å². The van der Waals surface area contributed by atoms with Crippen LogP contribution in [0.15, 0.2) is 34.1 Å². The second-order valence-corrected chi connectivity index (χ2v) is 6.30. The van der Waals surface area contributed by atoms with Gasteiger partial charge in [-0.25, -0.2) is 4.98 Å². The van der Waals surface area contributed by atoms with Crippen molar-refractivity contribution in [2.24, 2.45) is 0 Å². The molecule has 0 amide bonds. The Labute approximate surface area is 125 Å². The van der Waals surface area contributed by atoms with Crippen molar-refractivity contribution in [1.29, 1.82) is 0 Å². The molecule has 1 atom stereocenters. The SMILES string of the molecule is Brc1ccccc1-c1csc(CC2CNCCO2)n1. The maximum Gasteiger partial charge on any atom is 0.0959 e. The van der Waals surface area contributed by atoms with Gasteiger partial charge in [-0.1, -0.05) is 34.1 Å². The molecule has 100 valence electrons. The second kappa shape index (κ2) is 6.13. The van der Waals surface area contributed by atoms with E-state index in [1.807, 2.05) is 18.2 Å². The van der Waals surface area contributed by atoms with Crippen LogP contribution in [0.1, 0.15) is 5.01 Å². The van der Waals surface area contributed by atoms with Crippen LogP contribution >= 0.6 is 27.3 Å². The first-order valence-corrected chi connectivity index (χ1v) is 8.02. The summed E-state index contributed by atoms with van der Waals surface area (Å²) in [5, 5.41) is 6.60. The molecule has 5 heteroatoms. The predicted molar refractivity (Wildman–Crippen MR) is 81.6 cm³/mol. The fraction of sp³-hybridized carbons (Fsp3) is 0.357. The minimum atomic E-state index is 0.256. The molecule has 0 bridgehead atoms. The lowest BCUT2D eigenvalue weighted by Crippen LogP contribution is -2.39. The van der Waals surface area contributed by atoms with Gasteiger partial charge in [0.2, 0.25) is 0 Å². The average Bonchev–Trinajstić information content (AvgIpc) is 2.89. The molecule has 1 fully saturated rings. The summed E-state index contributed by atoms with van der Waals surface area (Å²) in [6.07, 6.45) is 1.15. The lowest BCUT2D eigenvalue weighted by molar-refractivity contribution is 0.0292. The van der Waals surface area contributed by atoms with Crippen molar-refractivity contribution in [3.8, 4) is 11.3 Å². The molecule has 2 heterocycles. The Hall–Kier alpha value is -0.750. The van der Waals surface area contributed by atoms with Gasteiger partial charge in [0, 0.05) is 34.9 Å². The highest BCUT2D eigenvalue weighted by Gasteiger charge is 2.16. The molecule has 0 aliphatic carbocycles. The molecule has 1 aromatic heterocycles. The summed E-state index contributed by atoms with van der Waals surface area (Å²) in [7, 11) is 0. The second-order valence-electron chi connectivity index (χ2n) is 4.51. The van der Waals surface area contributed by atoms with E-state index >= 15 is 0 Å². The molecule has 1 unspecified atom stereocenters. The highest BCUT2D eigenvalue weighted by atomic mass is 79.9. The first kappa shape index (κ1) is 13.2. The number of nitrogens with one attached hydrogen (secondary N) is 1. The van der Waals surface area contributed by atoms with Crippen molar-refractivity contribution in [3.63, 3.8) is 0 Å². The molecule has 1 aliphatic rings. The zero-order valence-electron chi connectivity index (χ0n) is 10.4. The van der Waals surface area contributed by atoms with E-state index in [4.69, 9.17) is 9.72 Å². The molecule has 1 aromatic carbocycles. The van der Waals surface area contributed by atoms with E-state index in [1.165, 1.54) is 0 Å². The monoisotopic (exact) mass is 338 g/mol. The van der Waals surface area contributed by atoms with E-state index in [0.29, 0.717) is 0 Å². The van der Waals surface area contributed by atoms with Gasteiger partial charge in [0.1, 0.15) is 0 Å². The standard InChI is InChI=1S/C14H15BrN2OS/c15-12-4-2-1-3-11(12)13-9-19-14(17-13)7-10-8-16-5-6-18-10/h1-4,9-10,16H,5-8H2. The van der Waals surface area contributed by atoms with Crippen molar-refractivity contribution in [2.75, 3.05) is 19.7 Å². The number of aromatic nitrogens is 1. The molecule has 0 spiro atoms. The summed E-state index contributed by atoms with van der Waals surface area (Å²) >= 11 is 5.28. The zero-order valence-corrected chi connectivity index (χ0v) is 12.8. The molecular weight excluding hydrogens is 324 g/mol. The number of rotatable bonds is 3. The van der Waals surface area contributed by atoms with Gasteiger partial charge in [0.15, 0.2) is 0 Å². The summed E-state index contributed by atoms with van der Waals surface area (Å²) in [4.78, 5) is 4.72. The quantitative estimate of drug-likeness (QED) is 0.933. The van der Waals surface area contributed by atoms with Crippen molar-refractivity contribution in [2.45, 2.75) is 12.5 Å². The van der Waals surface area contributed by atoms with Crippen LogP contribution in [-0.2, 0) is 11.2 Å². The molecular formula is C14H15BrN2OS. The lowest BCUT2D eigenvalue weighted by Gasteiger charge is -2.22. The van der Waals surface area contributed by atoms with Gasteiger partial charge in [-0.05, 0) is 6.07 Å². The minimum absolute atomic E-state index is 0.256.